The van der Waals surface area contributed by atoms with Crippen LogP contribution in [0.3, 0.4) is 0 Å². The second-order valence-corrected chi connectivity index (χ2v) is 16.7. The maximum absolute atomic E-state index is 6.79. The first-order chi connectivity index (χ1) is 32.2. The average molecular weight is 831 g/mol. The van der Waals surface area contributed by atoms with Gasteiger partial charge in [-0.1, -0.05) is 140 Å². The van der Waals surface area contributed by atoms with E-state index in [-0.39, 0.29) is 0 Å². The molecule has 4 heterocycles. The topological polar surface area (TPSA) is 69.9 Å². The van der Waals surface area contributed by atoms with Crippen molar-refractivity contribution in [1.82, 2.24) is 19.5 Å². The standard InChI is InChI=1S/C59H34N4O2/c1-2-14-35(15-3-1)57-60-58(39-26-28-44-43-21-9-12-24-52(43)64-54(44)33-39)62-59(61-57)45-29-27-40(63-50-23-11-8-20-42(50)48-30-36-16-4-5-17-37(36)32-51(48)63)34-47(45)49-31-38-18-6-7-19-41(38)56-55(49)46-22-10-13-25-53(46)65-56/h1-34H. The van der Waals surface area contributed by atoms with Gasteiger partial charge in [-0.3, -0.25) is 0 Å². The van der Waals surface area contributed by atoms with Gasteiger partial charge in [-0.15, -0.1) is 0 Å². The molecule has 0 fully saturated rings. The van der Waals surface area contributed by atoms with Crippen LogP contribution in [0, 0.1) is 0 Å². The van der Waals surface area contributed by atoms with E-state index in [1.807, 2.05) is 60.7 Å². The number of aromatic nitrogens is 4. The van der Waals surface area contributed by atoms with Crippen LogP contribution in [-0.4, -0.2) is 19.5 Å². The van der Waals surface area contributed by atoms with Gasteiger partial charge in [0.1, 0.15) is 22.3 Å². The molecule has 0 amide bonds. The quantitative estimate of drug-likeness (QED) is 0.173. The van der Waals surface area contributed by atoms with Crippen LogP contribution < -0.4 is 0 Å². The molecule has 0 aliphatic rings. The van der Waals surface area contributed by atoms with Gasteiger partial charge in [0.05, 0.1) is 11.0 Å². The zero-order valence-electron chi connectivity index (χ0n) is 34.7. The van der Waals surface area contributed by atoms with Crippen LogP contribution in [0.1, 0.15) is 0 Å². The molecule has 302 valence electrons. The highest BCUT2D eigenvalue weighted by Gasteiger charge is 2.23. The minimum atomic E-state index is 0.554. The Kier molecular flexibility index (Phi) is 7.59. The van der Waals surface area contributed by atoms with Gasteiger partial charge in [-0.05, 0) is 94.0 Å². The molecule has 0 N–H and O–H groups in total. The Morgan fingerprint density at radius 1 is 0.323 bits per heavy atom. The summed E-state index contributed by atoms with van der Waals surface area (Å²) in [6, 6.07) is 72.2. The van der Waals surface area contributed by atoms with Gasteiger partial charge in [-0.2, -0.15) is 0 Å². The molecular formula is C59H34N4O2. The molecular weight excluding hydrogens is 797 g/mol. The summed E-state index contributed by atoms with van der Waals surface area (Å²) in [5.41, 5.74) is 11.2. The van der Waals surface area contributed by atoms with E-state index in [4.69, 9.17) is 23.8 Å². The molecule has 14 rings (SSSR count). The van der Waals surface area contributed by atoms with Crippen LogP contribution in [0.25, 0.3) is 138 Å². The van der Waals surface area contributed by atoms with Gasteiger partial charge < -0.3 is 13.4 Å². The molecule has 4 aromatic heterocycles. The summed E-state index contributed by atoms with van der Waals surface area (Å²) in [4.78, 5) is 15.9. The lowest BCUT2D eigenvalue weighted by Gasteiger charge is -2.17. The van der Waals surface area contributed by atoms with E-state index in [0.29, 0.717) is 17.5 Å². The number of hydrogen-bond acceptors (Lipinski definition) is 5. The first kappa shape index (κ1) is 35.7. The van der Waals surface area contributed by atoms with Crippen molar-refractivity contribution in [2.75, 3.05) is 0 Å². The summed E-state index contributed by atoms with van der Waals surface area (Å²) in [5.74, 6) is 1.69. The highest BCUT2D eigenvalue weighted by atomic mass is 16.3. The number of hydrogen-bond donors (Lipinski definition) is 0. The largest absolute Gasteiger partial charge is 0.456 e. The molecule has 6 nitrogen and oxygen atoms in total. The predicted octanol–water partition coefficient (Wildman–Crippen LogP) is 15.7. The smallest absolute Gasteiger partial charge is 0.164 e. The normalized spacial score (nSPS) is 12.0. The summed E-state index contributed by atoms with van der Waals surface area (Å²) in [6.45, 7) is 0. The molecule has 14 aromatic rings. The van der Waals surface area contributed by atoms with Crippen molar-refractivity contribution in [3.8, 4) is 51.0 Å². The summed E-state index contributed by atoms with van der Waals surface area (Å²) in [5, 5.41) is 11.1. The van der Waals surface area contributed by atoms with Crippen molar-refractivity contribution in [3.05, 3.63) is 206 Å². The maximum Gasteiger partial charge on any atom is 0.164 e. The summed E-state index contributed by atoms with van der Waals surface area (Å²) in [6.07, 6.45) is 0. The number of para-hydroxylation sites is 3. The second kappa shape index (κ2) is 13.8. The van der Waals surface area contributed by atoms with Crippen LogP contribution >= 0.6 is 0 Å². The molecule has 0 saturated carbocycles. The van der Waals surface area contributed by atoms with E-state index >= 15 is 0 Å². The van der Waals surface area contributed by atoms with Crippen molar-refractivity contribution >= 4 is 87.2 Å². The third-order valence-electron chi connectivity index (χ3n) is 13.0. The molecule has 0 spiro atoms. The third-order valence-corrected chi connectivity index (χ3v) is 13.0. The summed E-state index contributed by atoms with van der Waals surface area (Å²) >= 11 is 0. The molecule has 0 saturated heterocycles. The Labute approximate surface area is 371 Å². The van der Waals surface area contributed by atoms with Gasteiger partial charge in [0.15, 0.2) is 17.5 Å². The maximum atomic E-state index is 6.79. The molecule has 6 heteroatoms. The SMILES string of the molecule is c1ccc(-c2nc(-c3ccc4c(c3)oc3ccccc34)nc(-c3ccc(-n4c5ccccc5c5cc6ccccc6cc54)cc3-c3cc4ccccc4c4oc5ccccc5c34)n2)cc1. The molecule has 0 aliphatic carbocycles. The fraction of sp³-hybridized carbons (Fsp3) is 0. The van der Waals surface area contributed by atoms with E-state index in [1.54, 1.807) is 0 Å². The van der Waals surface area contributed by atoms with Gasteiger partial charge in [0.2, 0.25) is 0 Å². The lowest BCUT2D eigenvalue weighted by atomic mass is 9.91. The van der Waals surface area contributed by atoms with Gasteiger partial charge in [0.25, 0.3) is 0 Å². The molecule has 0 unspecified atom stereocenters. The average Bonchev–Trinajstić information content (AvgIpc) is 4.05. The number of fused-ring (bicyclic) bond motifs is 12. The van der Waals surface area contributed by atoms with Crippen LogP contribution in [0.4, 0.5) is 0 Å². The van der Waals surface area contributed by atoms with Gasteiger partial charge in [-0.25, -0.2) is 15.0 Å². The highest BCUT2D eigenvalue weighted by molar-refractivity contribution is 6.22. The Morgan fingerprint density at radius 3 is 1.78 bits per heavy atom. The Hall–Kier alpha value is -8.87. The Bertz CT molecular complexity index is 4250. The highest BCUT2D eigenvalue weighted by Crippen LogP contribution is 2.46. The molecule has 0 radical (unpaired) electrons. The van der Waals surface area contributed by atoms with Crippen molar-refractivity contribution in [2.45, 2.75) is 0 Å². The van der Waals surface area contributed by atoms with Crippen LogP contribution in [0.15, 0.2) is 215 Å². The van der Waals surface area contributed by atoms with E-state index in [0.717, 1.165) is 99.2 Å². The zero-order valence-corrected chi connectivity index (χ0v) is 34.7. The summed E-state index contributed by atoms with van der Waals surface area (Å²) in [7, 11) is 0. The molecule has 65 heavy (non-hydrogen) atoms. The second-order valence-electron chi connectivity index (χ2n) is 16.7. The van der Waals surface area contributed by atoms with Crippen molar-refractivity contribution in [2.24, 2.45) is 0 Å². The predicted molar refractivity (Wildman–Crippen MR) is 265 cm³/mol. The molecule has 0 atom stereocenters. The fourth-order valence-electron chi connectivity index (χ4n) is 10.0. The van der Waals surface area contributed by atoms with E-state index in [1.165, 1.54) is 21.5 Å². The Balaban J connectivity index is 1.08. The first-order valence-electron chi connectivity index (χ1n) is 21.8. The minimum absolute atomic E-state index is 0.554. The lowest BCUT2D eigenvalue weighted by Crippen LogP contribution is -2.02. The minimum Gasteiger partial charge on any atom is -0.456 e. The van der Waals surface area contributed by atoms with E-state index in [2.05, 4.69) is 150 Å². The number of furan rings is 2. The van der Waals surface area contributed by atoms with Gasteiger partial charge in [0, 0.05) is 60.1 Å². The van der Waals surface area contributed by atoms with Crippen LogP contribution in [-0.2, 0) is 0 Å². The third kappa shape index (κ3) is 5.51. The van der Waals surface area contributed by atoms with E-state index in [9.17, 15) is 0 Å². The lowest BCUT2D eigenvalue weighted by molar-refractivity contribution is 0.669. The van der Waals surface area contributed by atoms with Crippen LogP contribution in [0.2, 0.25) is 0 Å². The fourth-order valence-corrected chi connectivity index (χ4v) is 10.0. The Morgan fingerprint density at radius 2 is 0.954 bits per heavy atom. The van der Waals surface area contributed by atoms with Crippen molar-refractivity contribution in [1.29, 1.82) is 0 Å². The monoisotopic (exact) mass is 830 g/mol. The molecule has 0 aliphatic heterocycles. The number of benzene rings is 10. The van der Waals surface area contributed by atoms with E-state index < -0.39 is 0 Å². The number of nitrogens with zero attached hydrogens (tertiary/aromatic N) is 4. The zero-order chi connectivity index (χ0) is 42.6. The number of rotatable bonds is 5. The molecule has 10 aromatic carbocycles. The van der Waals surface area contributed by atoms with Crippen molar-refractivity contribution in [3.63, 3.8) is 0 Å². The summed E-state index contributed by atoms with van der Waals surface area (Å²) < 4.78 is 15.6. The van der Waals surface area contributed by atoms with Crippen molar-refractivity contribution < 1.29 is 8.83 Å². The first-order valence-corrected chi connectivity index (χ1v) is 21.8. The van der Waals surface area contributed by atoms with Crippen LogP contribution in [0.5, 0.6) is 0 Å². The molecule has 0 bridgehead atoms. The van der Waals surface area contributed by atoms with Gasteiger partial charge >= 0.3 is 0 Å².